The molecule has 0 amide bonds. The van der Waals surface area contributed by atoms with Crippen molar-refractivity contribution < 1.29 is 0 Å². The summed E-state index contributed by atoms with van der Waals surface area (Å²) in [4.78, 5) is 0. The number of nitrogens with zero attached hydrogens (tertiary/aromatic N) is 2. The van der Waals surface area contributed by atoms with Gasteiger partial charge in [-0.3, -0.25) is 0 Å². The third kappa shape index (κ3) is 2.58. The van der Waals surface area contributed by atoms with E-state index in [-0.39, 0.29) is 5.92 Å². The Hall–Kier alpha value is -1.32. The van der Waals surface area contributed by atoms with E-state index in [1.165, 1.54) is 0 Å². The largest absolute Gasteiger partial charge is 0.198 e. The molecule has 0 aliphatic carbocycles. The Bertz CT molecular complexity index is 450. The lowest BCUT2D eigenvalue weighted by molar-refractivity contribution is 0.846. The number of nitriles is 2. The summed E-state index contributed by atoms with van der Waals surface area (Å²) in [5, 5.41) is 17.8. The van der Waals surface area contributed by atoms with Crippen LogP contribution in [0.2, 0.25) is 0 Å². The summed E-state index contributed by atoms with van der Waals surface area (Å²) < 4.78 is 0.855. The normalized spacial score (nSPS) is 9.73. The summed E-state index contributed by atoms with van der Waals surface area (Å²) in [6, 6.07) is 8.02. The van der Waals surface area contributed by atoms with E-state index in [1.807, 2.05) is 19.9 Å². The van der Waals surface area contributed by atoms with Gasteiger partial charge in [-0.1, -0.05) is 29.8 Å². The highest BCUT2D eigenvalue weighted by atomic mass is 79.9. The number of hydrogen-bond donors (Lipinski definition) is 0. The van der Waals surface area contributed by atoms with Gasteiger partial charge in [-0.05, 0) is 29.2 Å². The Morgan fingerprint density at radius 2 is 2.00 bits per heavy atom. The summed E-state index contributed by atoms with van der Waals surface area (Å²) in [7, 11) is 0. The molecule has 1 rings (SSSR count). The van der Waals surface area contributed by atoms with Gasteiger partial charge in [0, 0.05) is 4.47 Å². The lowest BCUT2D eigenvalue weighted by atomic mass is 9.91. The average Bonchev–Trinajstić information content (AvgIpc) is 2.16. The van der Waals surface area contributed by atoms with Crippen LogP contribution in [0, 0.1) is 22.7 Å². The zero-order valence-electron chi connectivity index (χ0n) is 8.71. The third-order valence-corrected chi connectivity index (χ3v) is 2.66. The minimum Gasteiger partial charge on any atom is -0.198 e. The second kappa shape index (κ2) is 4.96. The van der Waals surface area contributed by atoms with E-state index < -0.39 is 0 Å². The first kappa shape index (κ1) is 11.8. The van der Waals surface area contributed by atoms with Crippen LogP contribution in [0.15, 0.2) is 16.6 Å². The first-order valence-electron chi connectivity index (χ1n) is 4.69. The molecule has 3 heteroatoms. The first-order valence-corrected chi connectivity index (χ1v) is 5.48. The monoisotopic (exact) mass is 262 g/mol. The van der Waals surface area contributed by atoms with Gasteiger partial charge in [0.15, 0.2) is 0 Å². The van der Waals surface area contributed by atoms with Gasteiger partial charge in [0.2, 0.25) is 0 Å². The topological polar surface area (TPSA) is 47.6 Å². The molecule has 0 saturated heterocycles. The molecule has 0 aromatic heterocycles. The highest BCUT2D eigenvalue weighted by Gasteiger charge is 2.13. The van der Waals surface area contributed by atoms with Crippen molar-refractivity contribution in [2.75, 3.05) is 0 Å². The van der Waals surface area contributed by atoms with Crippen molar-refractivity contribution in [3.8, 4) is 12.1 Å². The van der Waals surface area contributed by atoms with Gasteiger partial charge < -0.3 is 0 Å². The van der Waals surface area contributed by atoms with Crippen molar-refractivity contribution in [3.63, 3.8) is 0 Å². The van der Waals surface area contributed by atoms with Crippen molar-refractivity contribution in [1.82, 2.24) is 0 Å². The molecule has 0 N–H and O–H groups in total. The molecule has 0 aliphatic rings. The van der Waals surface area contributed by atoms with E-state index in [0.29, 0.717) is 12.0 Å². The molecular formula is C12H11BrN2. The molecule has 1 aromatic rings. The number of hydrogen-bond acceptors (Lipinski definition) is 2. The van der Waals surface area contributed by atoms with Crippen LogP contribution in [0.5, 0.6) is 0 Å². The number of benzene rings is 1. The van der Waals surface area contributed by atoms with Gasteiger partial charge in [-0.25, -0.2) is 0 Å². The van der Waals surface area contributed by atoms with E-state index in [4.69, 9.17) is 10.5 Å². The predicted molar refractivity (Wildman–Crippen MR) is 62.3 cm³/mol. The van der Waals surface area contributed by atoms with Crippen LogP contribution >= 0.6 is 15.9 Å². The van der Waals surface area contributed by atoms with Gasteiger partial charge in [0.25, 0.3) is 0 Å². The van der Waals surface area contributed by atoms with Crippen molar-refractivity contribution >= 4 is 15.9 Å². The summed E-state index contributed by atoms with van der Waals surface area (Å²) in [5.41, 5.74) is 2.59. The summed E-state index contributed by atoms with van der Waals surface area (Å²) in [6.07, 6.45) is 0.349. The Morgan fingerprint density at radius 3 is 2.47 bits per heavy atom. The van der Waals surface area contributed by atoms with Crippen molar-refractivity contribution in [1.29, 1.82) is 10.5 Å². The van der Waals surface area contributed by atoms with Crippen LogP contribution in [-0.4, -0.2) is 0 Å². The first-order chi connectivity index (χ1) is 7.10. The molecule has 2 nitrogen and oxygen atoms in total. The minimum atomic E-state index is 0.260. The standard InChI is InChI=1S/C12H11BrN2/c1-8(2)12-9(3-4-14)5-11(13)6-10(12)7-15/h5-6,8H,3H2,1-2H3. The minimum absolute atomic E-state index is 0.260. The maximum Gasteiger partial charge on any atom is 0.0995 e. The number of halogens is 1. The molecule has 0 aliphatic heterocycles. The second-order valence-corrected chi connectivity index (χ2v) is 4.54. The van der Waals surface area contributed by atoms with Crippen molar-refractivity contribution in [2.45, 2.75) is 26.2 Å². The molecule has 0 unspecified atom stereocenters. The summed E-state index contributed by atoms with van der Waals surface area (Å²) in [5.74, 6) is 0.260. The molecule has 15 heavy (non-hydrogen) atoms. The zero-order valence-corrected chi connectivity index (χ0v) is 10.3. The zero-order chi connectivity index (χ0) is 11.4. The summed E-state index contributed by atoms with van der Waals surface area (Å²) >= 11 is 3.35. The lowest BCUT2D eigenvalue weighted by Gasteiger charge is -2.13. The maximum atomic E-state index is 9.03. The summed E-state index contributed by atoms with van der Waals surface area (Å²) in [6.45, 7) is 4.07. The second-order valence-electron chi connectivity index (χ2n) is 3.63. The SMILES string of the molecule is CC(C)c1c(C#N)cc(Br)cc1CC#N. The number of rotatable bonds is 2. The molecule has 0 saturated carbocycles. The maximum absolute atomic E-state index is 9.03. The molecular weight excluding hydrogens is 252 g/mol. The van der Waals surface area contributed by atoms with Crippen LogP contribution in [0.4, 0.5) is 0 Å². The molecule has 0 fully saturated rings. The fraction of sp³-hybridized carbons (Fsp3) is 0.333. The van der Waals surface area contributed by atoms with E-state index >= 15 is 0 Å². The van der Waals surface area contributed by atoms with Crippen LogP contribution in [-0.2, 0) is 6.42 Å². The van der Waals surface area contributed by atoms with E-state index in [9.17, 15) is 0 Å². The third-order valence-electron chi connectivity index (χ3n) is 2.20. The molecule has 1 aromatic carbocycles. The Labute approximate surface area is 98.3 Å². The van der Waals surface area contributed by atoms with E-state index in [1.54, 1.807) is 6.07 Å². The van der Waals surface area contributed by atoms with Gasteiger partial charge in [0.05, 0.1) is 24.1 Å². The van der Waals surface area contributed by atoms with Crippen molar-refractivity contribution in [2.24, 2.45) is 0 Å². The fourth-order valence-corrected chi connectivity index (χ4v) is 2.19. The van der Waals surface area contributed by atoms with Crippen LogP contribution in [0.1, 0.15) is 36.5 Å². The molecule has 0 atom stereocenters. The van der Waals surface area contributed by atoms with Crippen LogP contribution in [0.25, 0.3) is 0 Å². The highest BCUT2D eigenvalue weighted by molar-refractivity contribution is 9.10. The van der Waals surface area contributed by atoms with Gasteiger partial charge in [-0.15, -0.1) is 0 Å². The van der Waals surface area contributed by atoms with Crippen LogP contribution in [0.3, 0.4) is 0 Å². The quantitative estimate of drug-likeness (QED) is 0.819. The Morgan fingerprint density at radius 1 is 1.33 bits per heavy atom. The van der Waals surface area contributed by atoms with Gasteiger partial charge in [-0.2, -0.15) is 10.5 Å². The lowest BCUT2D eigenvalue weighted by Crippen LogP contribution is -2.00. The molecule has 0 radical (unpaired) electrons. The van der Waals surface area contributed by atoms with Gasteiger partial charge >= 0.3 is 0 Å². The average molecular weight is 263 g/mol. The molecule has 76 valence electrons. The fourth-order valence-electron chi connectivity index (χ4n) is 1.68. The van der Waals surface area contributed by atoms with E-state index in [0.717, 1.165) is 15.6 Å². The molecule has 0 spiro atoms. The predicted octanol–water partition coefficient (Wildman–Crippen LogP) is 3.51. The molecule has 0 heterocycles. The van der Waals surface area contributed by atoms with E-state index in [2.05, 4.69) is 28.1 Å². The smallest absolute Gasteiger partial charge is 0.0995 e. The van der Waals surface area contributed by atoms with Crippen LogP contribution < -0.4 is 0 Å². The Kier molecular flexibility index (Phi) is 3.88. The van der Waals surface area contributed by atoms with Crippen molar-refractivity contribution in [3.05, 3.63) is 33.3 Å². The van der Waals surface area contributed by atoms with Gasteiger partial charge in [0.1, 0.15) is 0 Å². The molecule has 0 bridgehead atoms. The Balaban J connectivity index is 3.43. The highest BCUT2D eigenvalue weighted by Crippen LogP contribution is 2.27.